The lowest BCUT2D eigenvalue weighted by molar-refractivity contribution is -0.135. The SMILES string of the molecule is CCC1CCC2(CC1)NC(=O)N(CC(=O)Nc1ccc(S(=O)(=O)N(C)OC)cc1)C2=O. The van der Waals surface area contributed by atoms with Gasteiger partial charge in [-0.15, -0.1) is 0 Å². The first kappa shape index (κ1) is 23.2. The second-order valence-electron chi connectivity index (χ2n) is 7.93. The lowest BCUT2D eigenvalue weighted by Gasteiger charge is -2.34. The van der Waals surface area contributed by atoms with E-state index in [4.69, 9.17) is 4.84 Å². The molecule has 0 aromatic heterocycles. The molecule has 1 heterocycles. The number of urea groups is 1. The van der Waals surface area contributed by atoms with Crippen LogP contribution in [-0.2, 0) is 24.4 Å². The molecule has 11 heteroatoms. The molecule has 2 aliphatic rings. The summed E-state index contributed by atoms with van der Waals surface area (Å²) in [4.78, 5) is 43.4. The summed E-state index contributed by atoms with van der Waals surface area (Å²) in [6.45, 7) is 1.71. The quantitative estimate of drug-likeness (QED) is 0.479. The molecule has 31 heavy (non-hydrogen) atoms. The minimum atomic E-state index is -3.80. The molecule has 1 aliphatic carbocycles. The minimum Gasteiger partial charge on any atom is -0.325 e. The number of benzene rings is 1. The first-order chi connectivity index (χ1) is 14.6. The molecule has 1 aliphatic heterocycles. The van der Waals surface area contributed by atoms with Gasteiger partial charge >= 0.3 is 6.03 Å². The fourth-order valence-corrected chi connectivity index (χ4v) is 5.01. The Morgan fingerprint density at radius 1 is 1.26 bits per heavy atom. The number of hydrogen-bond acceptors (Lipinski definition) is 6. The maximum Gasteiger partial charge on any atom is 0.325 e. The molecule has 2 N–H and O–H groups in total. The third kappa shape index (κ3) is 4.58. The smallest absolute Gasteiger partial charge is 0.325 e. The van der Waals surface area contributed by atoms with Gasteiger partial charge in [0.05, 0.1) is 12.0 Å². The van der Waals surface area contributed by atoms with Crippen LogP contribution in [0.5, 0.6) is 0 Å². The van der Waals surface area contributed by atoms with Crippen molar-refractivity contribution in [3.63, 3.8) is 0 Å². The highest BCUT2D eigenvalue weighted by atomic mass is 32.2. The number of amides is 4. The Kier molecular flexibility index (Phi) is 6.68. The minimum absolute atomic E-state index is 0.00595. The van der Waals surface area contributed by atoms with E-state index in [1.807, 2.05) is 0 Å². The number of rotatable bonds is 7. The van der Waals surface area contributed by atoms with Crippen LogP contribution in [0.4, 0.5) is 10.5 Å². The number of imide groups is 1. The molecule has 1 saturated carbocycles. The molecule has 170 valence electrons. The molecule has 0 bridgehead atoms. The average molecular weight is 453 g/mol. The summed E-state index contributed by atoms with van der Waals surface area (Å²) in [6.07, 6.45) is 3.96. The molecule has 0 unspecified atom stereocenters. The topological polar surface area (TPSA) is 125 Å². The van der Waals surface area contributed by atoms with Gasteiger partial charge < -0.3 is 10.6 Å². The van der Waals surface area contributed by atoms with Crippen LogP contribution in [0.25, 0.3) is 0 Å². The monoisotopic (exact) mass is 452 g/mol. The molecular formula is C20H28N4O6S. The van der Waals surface area contributed by atoms with Gasteiger partial charge in [-0.1, -0.05) is 17.8 Å². The van der Waals surface area contributed by atoms with Crippen LogP contribution in [0.1, 0.15) is 39.0 Å². The van der Waals surface area contributed by atoms with Crippen molar-refractivity contribution in [2.24, 2.45) is 5.92 Å². The van der Waals surface area contributed by atoms with Gasteiger partial charge in [-0.2, -0.15) is 0 Å². The van der Waals surface area contributed by atoms with E-state index in [2.05, 4.69) is 17.6 Å². The number of nitrogens with one attached hydrogen (secondary N) is 2. The van der Waals surface area contributed by atoms with Crippen molar-refractivity contribution in [2.45, 2.75) is 49.5 Å². The van der Waals surface area contributed by atoms with E-state index < -0.39 is 34.0 Å². The first-order valence-corrected chi connectivity index (χ1v) is 11.6. The molecule has 3 rings (SSSR count). The zero-order valence-corrected chi connectivity index (χ0v) is 18.7. The first-order valence-electron chi connectivity index (χ1n) is 10.2. The average Bonchev–Trinajstić information content (AvgIpc) is 2.98. The number of carbonyl (C=O) groups excluding carboxylic acids is 3. The second kappa shape index (κ2) is 8.93. The van der Waals surface area contributed by atoms with Crippen LogP contribution in [0.3, 0.4) is 0 Å². The molecule has 1 aromatic carbocycles. The number of hydrogen-bond donors (Lipinski definition) is 2. The zero-order chi connectivity index (χ0) is 22.8. The summed E-state index contributed by atoms with van der Waals surface area (Å²) in [6, 6.07) is 4.95. The third-order valence-electron chi connectivity index (χ3n) is 6.12. The van der Waals surface area contributed by atoms with E-state index in [0.717, 1.165) is 28.6 Å². The van der Waals surface area contributed by atoms with Gasteiger partial charge in [0.2, 0.25) is 5.91 Å². The Labute approximate surface area is 181 Å². The van der Waals surface area contributed by atoms with Crippen molar-refractivity contribution in [2.75, 3.05) is 26.0 Å². The molecule has 0 radical (unpaired) electrons. The van der Waals surface area contributed by atoms with Crippen molar-refractivity contribution in [3.8, 4) is 0 Å². The van der Waals surface area contributed by atoms with Gasteiger partial charge in [0.15, 0.2) is 0 Å². The lowest BCUT2D eigenvalue weighted by atomic mass is 9.75. The lowest BCUT2D eigenvalue weighted by Crippen LogP contribution is -2.49. The van der Waals surface area contributed by atoms with Crippen LogP contribution < -0.4 is 10.6 Å². The maximum atomic E-state index is 12.9. The van der Waals surface area contributed by atoms with Gasteiger partial charge in [-0.3, -0.25) is 19.3 Å². The van der Waals surface area contributed by atoms with Gasteiger partial charge in [0.1, 0.15) is 12.1 Å². The molecular weight excluding hydrogens is 424 g/mol. The van der Waals surface area contributed by atoms with Crippen molar-refractivity contribution < 1.29 is 27.6 Å². The maximum absolute atomic E-state index is 12.9. The second-order valence-corrected chi connectivity index (χ2v) is 9.86. The van der Waals surface area contributed by atoms with Gasteiger partial charge in [-0.05, 0) is 55.9 Å². The molecule has 4 amide bonds. The van der Waals surface area contributed by atoms with Gasteiger partial charge in [-0.25, -0.2) is 13.2 Å². The highest BCUT2D eigenvalue weighted by Crippen LogP contribution is 2.37. The van der Waals surface area contributed by atoms with Crippen molar-refractivity contribution in [1.29, 1.82) is 0 Å². The van der Waals surface area contributed by atoms with Crippen molar-refractivity contribution >= 4 is 33.6 Å². The molecule has 10 nitrogen and oxygen atoms in total. The van der Waals surface area contributed by atoms with E-state index in [1.165, 1.54) is 38.4 Å². The summed E-state index contributed by atoms with van der Waals surface area (Å²) in [5.41, 5.74) is -0.555. The number of nitrogens with zero attached hydrogens (tertiary/aromatic N) is 2. The van der Waals surface area contributed by atoms with E-state index in [9.17, 15) is 22.8 Å². The van der Waals surface area contributed by atoms with Crippen LogP contribution in [0, 0.1) is 5.92 Å². The standard InChI is InChI=1S/C20H28N4O6S/c1-4-14-9-11-20(12-10-14)18(26)24(19(27)22-20)13-17(25)21-15-5-7-16(8-6-15)31(28,29)23(2)30-3/h5-8,14H,4,9-13H2,1-3H3,(H,21,25)(H,22,27). The van der Waals surface area contributed by atoms with Crippen LogP contribution in [0.2, 0.25) is 0 Å². The Hall–Kier alpha value is -2.50. The van der Waals surface area contributed by atoms with Gasteiger partial charge in [0, 0.05) is 12.7 Å². The Morgan fingerprint density at radius 3 is 2.42 bits per heavy atom. The fraction of sp³-hybridized carbons (Fsp3) is 0.550. The summed E-state index contributed by atoms with van der Waals surface area (Å²) < 4.78 is 25.1. The summed E-state index contributed by atoms with van der Waals surface area (Å²) in [5.74, 6) is -0.346. The zero-order valence-electron chi connectivity index (χ0n) is 17.9. The van der Waals surface area contributed by atoms with Crippen molar-refractivity contribution in [3.05, 3.63) is 24.3 Å². The van der Waals surface area contributed by atoms with Gasteiger partial charge in [0.25, 0.3) is 15.9 Å². The summed E-state index contributed by atoms with van der Waals surface area (Å²) >= 11 is 0. The Bertz CT molecular complexity index is 954. The van der Waals surface area contributed by atoms with E-state index in [-0.39, 0.29) is 10.8 Å². The molecule has 0 atom stereocenters. The normalized spacial score (nSPS) is 24.0. The number of anilines is 1. The summed E-state index contributed by atoms with van der Waals surface area (Å²) in [7, 11) is -1.29. The summed E-state index contributed by atoms with van der Waals surface area (Å²) in [5, 5.41) is 5.38. The Balaban J connectivity index is 1.62. The highest BCUT2D eigenvalue weighted by Gasteiger charge is 2.52. The third-order valence-corrected chi connectivity index (χ3v) is 7.81. The molecule has 1 spiro atoms. The largest absolute Gasteiger partial charge is 0.325 e. The van der Waals surface area contributed by atoms with E-state index in [0.29, 0.717) is 24.4 Å². The van der Waals surface area contributed by atoms with E-state index in [1.54, 1.807) is 0 Å². The number of sulfonamides is 1. The van der Waals surface area contributed by atoms with Crippen LogP contribution in [-0.4, -0.2) is 61.9 Å². The van der Waals surface area contributed by atoms with Crippen LogP contribution >= 0.6 is 0 Å². The number of carbonyl (C=O) groups is 3. The van der Waals surface area contributed by atoms with E-state index >= 15 is 0 Å². The predicted octanol–water partition coefficient (Wildman–Crippen LogP) is 1.70. The number of hydroxylamine groups is 1. The van der Waals surface area contributed by atoms with Crippen molar-refractivity contribution in [1.82, 2.24) is 14.7 Å². The molecule has 1 saturated heterocycles. The molecule has 1 aromatic rings. The van der Waals surface area contributed by atoms with Crippen LogP contribution in [0.15, 0.2) is 29.2 Å². The molecule has 2 fully saturated rings. The Morgan fingerprint density at radius 2 is 1.87 bits per heavy atom. The fourth-order valence-electron chi connectivity index (χ4n) is 4.04. The highest BCUT2D eigenvalue weighted by molar-refractivity contribution is 7.89. The predicted molar refractivity (Wildman–Crippen MR) is 112 cm³/mol.